The van der Waals surface area contributed by atoms with Crippen LogP contribution in [0.15, 0.2) is 0 Å². The van der Waals surface area contributed by atoms with Gasteiger partial charge >= 0.3 is 0 Å². The molecule has 0 radical (unpaired) electrons. The minimum absolute atomic E-state index is 0.196. The molecule has 1 atom stereocenters. The SMILES string of the molecule is CC(CN)CCC(=O)NCC1CCCC1. The summed E-state index contributed by atoms with van der Waals surface area (Å²) in [6, 6.07) is 0. The molecule has 0 aromatic carbocycles. The second-order valence-electron chi connectivity index (χ2n) is 4.83. The van der Waals surface area contributed by atoms with Crippen molar-refractivity contribution in [2.75, 3.05) is 13.1 Å². The molecule has 1 amide bonds. The first-order chi connectivity index (χ1) is 7.22. The number of hydrogen-bond acceptors (Lipinski definition) is 2. The number of nitrogens with two attached hydrogens (primary N) is 1. The van der Waals surface area contributed by atoms with Gasteiger partial charge in [0.05, 0.1) is 0 Å². The van der Waals surface area contributed by atoms with Crippen molar-refractivity contribution in [3.8, 4) is 0 Å². The number of carbonyl (C=O) groups is 1. The Morgan fingerprint density at radius 2 is 2.13 bits per heavy atom. The summed E-state index contributed by atoms with van der Waals surface area (Å²) in [6.07, 6.45) is 6.80. The number of carbonyl (C=O) groups excluding carboxylic acids is 1. The van der Waals surface area contributed by atoms with Crippen LogP contribution in [-0.4, -0.2) is 19.0 Å². The molecular formula is C12H24N2O. The van der Waals surface area contributed by atoms with Crippen LogP contribution in [0.5, 0.6) is 0 Å². The van der Waals surface area contributed by atoms with Gasteiger partial charge in [0, 0.05) is 13.0 Å². The predicted molar refractivity (Wildman–Crippen MR) is 62.4 cm³/mol. The Hall–Kier alpha value is -0.570. The van der Waals surface area contributed by atoms with E-state index < -0.39 is 0 Å². The van der Waals surface area contributed by atoms with Crippen molar-refractivity contribution in [2.24, 2.45) is 17.6 Å². The van der Waals surface area contributed by atoms with Crippen LogP contribution in [0.25, 0.3) is 0 Å². The van der Waals surface area contributed by atoms with Crippen LogP contribution in [0.3, 0.4) is 0 Å². The van der Waals surface area contributed by atoms with E-state index >= 15 is 0 Å². The first kappa shape index (κ1) is 12.5. The van der Waals surface area contributed by atoms with Gasteiger partial charge in [-0.25, -0.2) is 0 Å². The van der Waals surface area contributed by atoms with Gasteiger partial charge in [0.1, 0.15) is 0 Å². The molecule has 0 aliphatic heterocycles. The van der Waals surface area contributed by atoms with E-state index in [2.05, 4.69) is 12.2 Å². The van der Waals surface area contributed by atoms with Crippen LogP contribution < -0.4 is 11.1 Å². The average molecular weight is 212 g/mol. The van der Waals surface area contributed by atoms with Crippen molar-refractivity contribution >= 4 is 5.91 Å². The maximum atomic E-state index is 11.5. The minimum Gasteiger partial charge on any atom is -0.356 e. The zero-order valence-electron chi connectivity index (χ0n) is 9.80. The van der Waals surface area contributed by atoms with Gasteiger partial charge in [0.25, 0.3) is 0 Å². The lowest BCUT2D eigenvalue weighted by Crippen LogP contribution is -2.28. The smallest absolute Gasteiger partial charge is 0.220 e. The second-order valence-corrected chi connectivity index (χ2v) is 4.83. The highest BCUT2D eigenvalue weighted by molar-refractivity contribution is 5.75. The Morgan fingerprint density at radius 1 is 1.47 bits per heavy atom. The summed E-state index contributed by atoms with van der Waals surface area (Å²) in [5, 5.41) is 3.02. The predicted octanol–water partition coefficient (Wildman–Crippen LogP) is 1.67. The summed E-state index contributed by atoms with van der Waals surface area (Å²) in [5.41, 5.74) is 5.50. The fraction of sp³-hybridized carbons (Fsp3) is 0.917. The van der Waals surface area contributed by atoms with Crippen molar-refractivity contribution in [1.29, 1.82) is 0 Å². The van der Waals surface area contributed by atoms with E-state index in [0.717, 1.165) is 18.9 Å². The van der Waals surface area contributed by atoms with E-state index in [-0.39, 0.29) is 5.91 Å². The zero-order valence-corrected chi connectivity index (χ0v) is 9.80. The lowest BCUT2D eigenvalue weighted by molar-refractivity contribution is -0.121. The van der Waals surface area contributed by atoms with E-state index in [4.69, 9.17) is 5.73 Å². The molecule has 3 heteroatoms. The van der Waals surface area contributed by atoms with Gasteiger partial charge in [0.15, 0.2) is 0 Å². The molecule has 1 fully saturated rings. The van der Waals surface area contributed by atoms with Crippen LogP contribution in [0.2, 0.25) is 0 Å². The van der Waals surface area contributed by atoms with Gasteiger partial charge in [-0.05, 0) is 37.6 Å². The third kappa shape index (κ3) is 5.17. The highest BCUT2D eigenvalue weighted by Crippen LogP contribution is 2.23. The van der Waals surface area contributed by atoms with Gasteiger partial charge in [-0.15, -0.1) is 0 Å². The van der Waals surface area contributed by atoms with Gasteiger partial charge in [-0.2, -0.15) is 0 Å². The number of hydrogen-bond donors (Lipinski definition) is 2. The molecule has 15 heavy (non-hydrogen) atoms. The summed E-state index contributed by atoms with van der Waals surface area (Å²) >= 11 is 0. The summed E-state index contributed by atoms with van der Waals surface area (Å²) in [5.74, 6) is 1.39. The fourth-order valence-corrected chi connectivity index (χ4v) is 2.06. The lowest BCUT2D eigenvalue weighted by Gasteiger charge is -2.11. The molecule has 3 N–H and O–H groups in total. The monoisotopic (exact) mass is 212 g/mol. The van der Waals surface area contributed by atoms with Gasteiger partial charge in [-0.1, -0.05) is 19.8 Å². The van der Waals surface area contributed by atoms with Gasteiger partial charge in [-0.3, -0.25) is 4.79 Å². The molecule has 0 bridgehead atoms. The standard InChI is InChI=1S/C12H24N2O/c1-10(8-13)6-7-12(15)14-9-11-4-2-3-5-11/h10-11H,2-9,13H2,1H3,(H,14,15). The minimum atomic E-state index is 0.196. The molecule has 3 nitrogen and oxygen atoms in total. The lowest BCUT2D eigenvalue weighted by atomic mass is 10.1. The van der Waals surface area contributed by atoms with E-state index in [1.165, 1.54) is 25.7 Å². The van der Waals surface area contributed by atoms with Gasteiger partial charge in [0.2, 0.25) is 5.91 Å². The van der Waals surface area contributed by atoms with E-state index in [1.807, 2.05) is 0 Å². The topological polar surface area (TPSA) is 55.1 Å². The van der Waals surface area contributed by atoms with E-state index in [0.29, 0.717) is 18.9 Å². The summed E-state index contributed by atoms with van der Waals surface area (Å²) < 4.78 is 0. The van der Waals surface area contributed by atoms with Crippen molar-refractivity contribution in [3.05, 3.63) is 0 Å². The number of amides is 1. The normalized spacial score (nSPS) is 19.1. The van der Waals surface area contributed by atoms with E-state index in [9.17, 15) is 4.79 Å². The highest BCUT2D eigenvalue weighted by atomic mass is 16.1. The molecule has 1 aliphatic rings. The quantitative estimate of drug-likeness (QED) is 0.703. The Bertz CT molecular complexity index is 188. The molecule has 0 spiro atoms. The summed E-state index contributed by atoms with van der Waals surface area (Å²) in [7, 11) is 0. The molecule has 0 saturated heterocycles. The number of rotatable bonds is 6. The zero-order chi connectivity index (χ0) is 11.1. The Kier molecular flexibility index (Phi) is 5.69. The van der Waals surface area contributed by atoms with Crippen LogP contribution in [0.1, 0.15) is 45.4 Å². The highest BCUT2D eigenvalue weighted by Gasteiger charge is 2.15. The molecule has 0 heterocycles. The molecule has 88 valence electrons. The molecule has 0 aromatic heterocycles. The fourth-order valence-electron chi connectivity index (χ4n) is 2.06. The van der Waals surface area contributed by atoms with Crippen LogP contribution in [0.4, 0.5) is 0 Å². The first-order valence-electron chi connectivity index (χ1n) is 6.19. The third-order valence-electron chi connectivity index (χ3n) is 3.33. The average Bonchev–Trinajstić information content (AvgIpc) is 2.75. The Morgan fingerprint density at radius 3 is 2.73 bits per heavy atom. The molecule has 1 rings (SSSR count). The summed E-state index contributed by atoms with van der Waals surface area (Å²) in [6.45, 7) is 3.65. The van der Waals surface area contributed by atoms with Crippen molar-refractivity contribution in [2.45, 2.75) is 45.4 Å². The Balaban J connectivity index is 2.02. The first-order valence-corrected chi connectivity index (χ1v) is 6.19. The molecule has 1 saturated carbocycles. The second kappa shape index (κ2) is 6.83. The maximum absolute atomic E-state index is 11.5. The van der Waals surface area contributed by atoms with Crippen LogP contribution >= 0.6 is 0 Å². The van der Waals surface area contributed by atoms with E-state index in [1.54, 1.807) is 0 Å². The largest absolute Gasteiger partial charge is 0.356 e. The molecular weight excluding hydrogens is 188 g/mol. The maximum Gasteiger partial charge on any atom is 0.220 e. The van der Waals surface area contributed by atoms with Crippen molar-refractivity contribution in [3.63, 3.8) is 0 Å². The van der Waals surface area contributed by atoms with Gasteiger partial charge < -0.3 is 11.1 Å². The third-order valence-corrected chi connectivity index (χ3v) is 3.33. The Labute approximate surface area is 92.8 Å². The van der Waals surface area contributed by atoms with Crippen LogP contribution in [0, 0.1) is 11.8 Å². The molecule has 1 unspecified atom stereocenters. The molecule has 1 aliphatic carbocycles. The number of nitrogens with one attached hydrogen (secondary N) is 1. The summed E-state index contributed by atoms with van der Waals surface area (Å²) in [4.78, 5) is 11.5. The van der Waals surface area contributed by atoms with Crippen LogP contribution in [-0.2, 0) is 4.79 Å². The molecule has 0 aromatic rings. The van der Waals surface area contributed by atoms with Crippen molar-refractivity contribution < 1.29 is 4.79 Å². The van der Waals surface area contributed by atoms with Crippen molar-refractivity contribution in [1.82, 2.24) is 5.32 Å².